The molecule has 0 amide bonds. The van der Waals surface area contributed by atoms with E-state index in [1.807, 2.05) is 55.5 Å². The van der Waals surface area contributed by atoms with Crippen molar-refractivity contribution < 1.29 is 4.42 Å². The molecule has 0 spiro atoms. The van der Waals surface area contributed by atoms with Gasteiger partial charge in [0.1, 0.15) is 0 Å². The number of rotatable bonds is 4. The molecule has 0 atom stereocenters. The minimum Gasteiger partial charge on any atom is -0.411 e. The largest absolute Gasteiger partial charge is 0.411 e. The molecular formula is C19H14ClN3OS. The molecule has 0 radical (unpaired) electrons. The molecule has 0 bridgehead atoms. The number of hydrogen-bond donors (Lipinski definition) is 0. The van der Waals surface area contributed by atoms with Crippen LogP contribution in [-0.4, -0.2) is 15.2 Å². The minimum absolute atomic E-state index is 0.529. The molecule has 0 N–H and O–H groups in total. The summed E-state index contributed by atoms with van der Waals surface area (Å²) in [7, 11) is 0. The van der Waals surface area contributed by atoms with E-state index < -0.39 is 0 Å². The Morgan fingerprint density at radius 1 is 1.04 bits per heavy atom. The fourth-order valence-corrected chi connectivity index (χ4v) is 3.50. The molecule has 25 heavy (non-hydrogen) atoms. The molecule has 0 saturated carbocycles. The highest BCUT2D eigenvalue weighted by Gasteiger charge is 2.11. The molecule has 0 aliphatic heterocycles. The monoisotopic (exact) mass is 367 g/mol. The third-order valence-electron chi connectivity index (χ3n) is 3.86. The van der Waals surface area contributed by atoms with Crippen molar-refractivity contribution >= 4 is 34.3 Å². The third-order valence-corrected chi connectivity index (χ3v) is 5.05. The van der Waals surface area contributed by atoms with Crippen LogP contribution in [0.3, 0.4) is 0 Å². The second-order valence-corrected chi connectivity index (χ2v) is 6.97. The van der Waals surface area contributed by atoms with E-state index in [2.05, 4.69) is 15.2 Å². The molecule has 2 aromatic heterocycles. The van der Waals surface area contributed by atoms with E-state index in [0.717, 1.165) is 22.0 Å². The third kappa shape index (κ3) is 3.38. The van der Waals surface area contributed by atoms with Crippen LogP contribution in [0.25, 0.3) is 22.4 Å². The van der Waals surface area contributed by atoms with Crippen molar-refractivity contribution in [3.8, 4) is 11.5 Å². The molecular weight excluding hydrogens is 354 g/mol. The van der Waals surface area contributed by atoms with Crippen molar-refractivity contribution in [3.05, 3.63) is 70.9 Å². The van der Waals surface area contributed by atoms with E-state index in [4.69, 9.17) is 16.0 Å². The first-order valence-electron chi connectivity index (χ1n) is 7.76. The molecule has 2 aromatic carbocycles. The van der Waals surface area contributed by atoms with Gasteiger partial charge in [-0.1, -0.05) is 47.1 Å². The lowest BCUT2D eigenvalue weighted by Crippen LogP contribution is -1.88. The number of nitrogens with zero attached hydrogens (tertiary/aromatic N) is 3. The average molecular weight is 368 g/mol. The van der Waals surface area contributed by atoms with Crippen LogP contribution in [0.4, 0.5) is 0 Å². The topological polar surface area (TPSA) is 51.8 Å². The first-order valence-corrected chi connectivity index (χ1v) is 9.12. The summed E-state index contributed by atoms with van der Waals surface area (Å²) in [5.41, 5.74) is 4.10. The number of pyridine rings is 1. The Bertz CT molecular complexity index is 1030. The number of benzene rings is 2. The fourth-order valence-electron chi connectivity index (χ4n) is 2.53. The van der Waals surface area contributed by atoms with Crippen molar-refractivity contribution in [3.63, 3.8) is 0 Å². The molecule has 4 rings (SSSR count). The zero-order valence-electron chi connectivity index (χ0n) is 13.4. The van der Waals surface area contributed by atoms with E-state index in [1.165, 1.54) is 17.3 Å². The van der Waals surface area contributed by atoms with E-state index >= 15 is 0 Å². The summed E-state index contributed by atoms with van der Waals surface area (Å²) in [6.45, 7) is 2.04. The molecule has 0 saturated heterocycles. The molecule has 0 aliphatic carbocycles. The zero-order valence-corrected chi connectivity index (χ0v) is 15.0. The highest BCUT2D eigenvalue weighted by atomic mass is 35.5. The van der Waals surface area contributed by atoms with Gasteiger partial charge in [0.2, 0.25) is 5.89 Å². The number of fused-ring (bicyclic) bond motifs is 1. The summed E-state index contributed by atoms with van der Waals surface area (Å²) in [5, 5.41) is 10.5. The van der Waals surface area contributed by atoms with Gasteiger partial charge >= 0.3 is 0 Å². The zero-order chi connectivity index (χ0) is 17.2. The van der Waals surface area contributed by atoms with Gasteiger partial charge in [0.15, 0.2) is 0 Å². The quantitative estimate of drug-likeness (QED) is 0.443. The van der Waals surface area contributed by atoms with E-state index in [9.17, 15) is 0 Å². The van der Waals surface area contributed by atoms with Gasteiger partial charge in [-0.2, -0.15) is 0 Å². The van der Waals surface area contributed by atoms with Gasteiger partial charge in [-0.05, 0) is 42.8 Å². The smallest absolute Gasteiger partial charge is 0.277 e. The molecule has 0 fully saturated rings. The highest BCUT2D eigenvalue weighted by Crippen LogP contribution is 2.30. The maximum absolute atomic E-state index is 6.24. The van der Waals surface area contributed by atoms with Crippen LogP contribution in [0.1, 0.15) is 11.1 Å². The summed E-state index contributed by atoms with van der Waals surface area (Å²) < 4.78 is 5.76. The first-order chi connectivity index (χ1) is 12.2. The first kappa shape index (κ1) is 16.1. The van der Waals surface area contributed by atoms with Crippen LogP contribution < -0.4 is 0 Å². The number of halogens is 1. The second-order valence-electron chi connectivity index (χ2n) is 5.63. The van der Waals surface area contributed by atoms with Gasteiger partial charge < -0.3 is 4.42 Å². The van der Waals surface area contributed by atoms with Crippen LogP contribution in [0, 0.1) is 6.92 Å². The summed E-state index contributed by atoms with van der Waals surface area (Å²) in [6, 6.07) is 15.8. The minimum atomic E-state index is 0.529. The van der Waals surface area contributed by atoms with E-state index in [-0.39, 0.29) is 0 Å². The van der Waals surface area contributed by atoms with Gasteiger partial charge in [0.25, 0.3) is 5.22 Å². The van der Waals surface area contributed by atoms with Crippen LogP contribution in [0.5, 0.6) is 0 Å². The van der Waals surface area contributed by atoms with Gasteiger partial charge in [-0.25, -0.2) is 0 Å². The fraction of sp³-hybridized carbons (Fsp3) is 0.105. The second kappa shape index (κ2) is 6.86. The van der Waals surface area contributed by atoms with Crippen molar-refractivity contribution in [2.75, 3.05) is 0 Å². The normalized spacial score (nSPS) is 11.1. The van der Waals surface area contributed by atoms with Crippen molar-refractivity contribution in [1.82, 2.24) is 15.2 Å². The van der Waals surface area contributed by atoms with Gasteiger partial charge in [-0.3, -0.25) is 4.98 Å². The molecule has 6 heteroatoms. The molecule has 4 nitrogen and oxygen atoms in total. The van der Waals surface area contributed by atoms with Crippen LogP contribution in [0.15, 0.2) is 64.4 Å². The Kier molecular flexibility index (Phi) is 4.42. The lowest BCUT2D eigenvalue weighted by Gasteiger charge is -2.05. The predicted octanol–water partition coefficient (Wildman–Crippen LogP) is 5.54. The SMILES string of the molecule is Cc1ccc(-c2nnc(SCc3ccc(Cl)c4cccnc34)o2)cc1. The molecule has 124 valence electrons. The van der Waals surface area contributed by atoms with Crippen molar-refractivity contribution in [2.24, 2.45) is 0 Å². The van der Waals surface area contributed by atoms with E-state index in [1.54, 1.807) is 6.20 Å². The lowest BCUT2D eigenvalue weighted by molar-refractivity contribution is 0.466. The summed E-state index contributed by atoms with van der Waals surface area (Å²) in [4.78, 5) is 4.45. The van der Waals surface area contributed by atoms with Gasteiger partial charge in [-0.15, -0.1) is 10.2 Å². The van der Waals surface area contributed by atoms with Crippen molar-refractivity contribution in [2.45, 2.75) is 17.9 Å². The Hall–Kier alpha value is -2.37. The number of aryl methyl sites for hydroxylation is 1. The maximum atomic E-state index is 6.24. The molecule has 0 unspecified atom stereocenters. The van der Waals surface area contributed by atoms with Gasteiger partial charge in [0, 0.05) is 27.9 Å². The highest BCUT2D eigenvalue weighted by molar-refractivity contribution is 7.98. The molecule has 2 heterocycles. The standard InChI is InChI=1S/C19H14ClN3OS/c1-12-4-6-13(7-5-12)18-22-23-19(24-18)25-11-14-8-9-16(20)15-3-2-10-21-17(14)15/h2-10H,11H2,1H3. The lowest BCUT2D eigenvalue weighted by atomic mass is 10.1. The Balaban J connectivity index is 1.55. The Labute approximate surface area is 154 Å². The van der Waals surface area contributed by atoms with E-state index in [0.29, 0.717) is 21.9 Å². The van der Waals surface area contributed by atoms with Gasteiger partial charge in [0.05, 0.1) is 5.52 Å². The summed E-state index contributed by atoms with van der Waals surface area (Å²) in [6.07, 6.45) is 1.77. The average Bonchev–Trinajstić information content (AvgIpc) is 3.11. The van der Waals surface area contributed by atoms with Crippen LogP contribution >= 0.6 is 23.4 Å². The maximum Gasteiger partial charge on any atom is 0.277 e. The Morgan fingerprint density at radius 2 is 1.88 bits per heavy atom. The molecule has 0 aliphatic rings. The van der Waals surface area contributed by atoms with Crippen LogP contribution in [0.2, 0.25) is 5.02 Å². The number of aromatic nitrogens is 3. The van der Waals surface area contributed by atoms with Crippen LogP contribution in [-0.2, 0) is 5.75 Å². The predicted molar refractivity (Wildman–Crippen MR) is 101 cm³/mol. The Morgan fingerprint density at radius 3 is 2.72 bits per heavy atom. The van der Waals surface area contributed by atoms with Crippen molar-refractivity contribution in [1.29, 1.82) is 0 Å². The summed E-state index contributed by atoms with van der Waals surface area (Å²) in [5.74, 6) is 1.21. The molecule has 4 aromatic rings. The summed E-state index contributed by atoms with van der Waals surface area (Å²) >= 11 is 7.73. The number of thioether (sulfide) groups is 1. The number of hydrogen-bond acceptors (Lipinski definition) is 5.